The maximum absolute atomic E-state index is 10.2. The smallest absolute Gasteiger partial charge is 0.0849 e. The van der Waals surface area contributed by atoms with Crippen LogP contribution in [0.25, 0.3) is 0 Å². The standard InChI is InChI=1S/C13H15NO/c1-13(7-4-8-14)9-10-5-2-3-6-11(10)12(13)15/h2-3,5-6,12,15H,4,7,9H2,1H3. The van der Waals surface area contributed by atoms with E-state index in [1.54, 1.807) is 0 Å². The van der Waals surface area contributed by atoms with Crippen LogP contribution in [0.15, 0.2) is 24.3 Å². The van der Waals surface area contributed by atoms with E-state index >= 15 is 0 Å². The molecule has 0 spiro atoms. The Labute approximate surface area is 90.2 Å². The predicted octanol–water partition coefficient (Wildman–Crippen LogP) is 2.59. The third-order valence-corrected chi connectivity index (χ3v) is 3.41. The number of hydrogen-bond donors (Lipinski definition) is 1. The molecule has 2 nitrogen and oxygen atoms in total. The van der Waals surface area contributed by atoms with Gasteiger partial charge in [0.25, 0.3) is 0 Å². The highest BCUT2D eigenvalue weighted by Gasteiger charge is 2.40. The fourth-order valence-corrected chi connectivity index (χ4v) is 2.44. The largest absolute Gasteiger partial charge is 0.388 e. The number of nitriles is 1. The zero-order chi connectivity index (χ0) is 10.9. The molecule has 1 aromatic rings. The number of nitrogens with zero attached hydrogens (tertiary/aromatic N) is 1. The lowest BCUT2D eigenvalue weighted by molar-refractivity contribution is 0.0471. The van der Waals surface area contributed by atoms with Crippen molar-refractivity contribution in [3.8, 4) is 6.07 Å². The number of aliphatic hydroxyl groups excluding tert-OH is 1. The predicted molar refractivity (Wildman–Crippen MR) is 58.1 cm³/mol. The first-order valence-electron chi connectivity index (χ1n) is 5.30. The molecule has 78 valence electrons. The minimum atomic E-state index is -0.415. The van der Waals surface area contributed by atoms with Gasteiger partial charge in [0.15, 0.2) is 0 Å². The Hall–Kier alpha value is -1.33. The quantitative estimate of drug-likeness (QED) is 0.799. The molecule has 0 saturated heterocycles. The number of fused-ring (bicyclic) bond motifs is 1. The second kappa shape index (κ2) is 3.67. The fraction of sp³-hybridized carbons (Fsp3) is 0.462. The average molecular weight is 201 g/mol. The zero-order valence-electron chi connectivity index (χ0n) is 8.90. The molecule has 0 bridgehead atoms. The van der Waals surface area contributed by atoms with Gasteiger partial charge in [-0.3, -0.25) is 0 Å². The van der Waals surface area contributed by atoms with Crippen LogP contribution in [0.4, 0.5) is 0 Å². The van der Waals surface area contributed by atoms with Crippen LogP contribution in [0, 0.1) is 16.7 Å². The lowest BCUT2D eigenvalue weighted by Crippen LogP contribution is -2.21. The van der Waals surface area contributed by atoms with Gasteiger partial charge in [0, 0.05) is 11.8 Å². The number of hydrogen-bond acceptors (Lipinski definition) is 2. The van der Waals surface area contributed by atoms with Gasteiger partial charge >= 0.3 is 0 Å². The molecule has 0 aromatic heterocycles. The summed E-state index contributed by atoms with van der Waals surface area (Å²) in [5.74, 6) is 0. The van der Waals surface area contributed by atoms with E-state index in [0.717, 1.165) is 18.4 Å². The molecule has 1 aliphatic rings. The van der Waals surface area contributed by atoms with Crippen molar-refractivity contribution in [1.29, 1.82) is 5.26 Å². The number of aliphatic hydroxyl groups is 1. The van der Waals surface area contributed by atoms with E-state index in [2.05, 4.69) is 19.1 Å². The summed E-state index contributed by atoms with van der Waals surface area (Å²) in [6.07, 6.45) is 1.74. The molecule has 0 radical (unpaired) electrons. The van der Waals surface area contributed by atoms with Crippen molar-refractivity contribution in [3.05, 3.63) is 35.4 Å². The molecule has 1 aliphatic carbocycles. The first kappa shape index (κ1) is 10.2. The lowest BCUT2D eigenvalue weighted by atomic mass is 9.80. The molecule has 0 heterocycles. The lowest BCUT2D eigenvalue weighted by Gasteiger charge is -2.27. The third-order valence-electron chi connectivity index (χ3n) is 3.41. The summed E-state index contributed by atoms with van der Waals surface area (Å²) in [7, 11) is 0. The van der Waals surface area contributed by atoms with E-state index in [1.165, 1.54) is 5.56 Å². The topological polar surface area (TPSA) is 44.0 Å². The van der Waals surface area contributed by atoms with Crippen LogP contribution in [0.3, 0.4) is 0 Å². The van der Waals surface area contributed by atoms with Crippen molar-refractivity contribution in [2.75, 3.05) is 0 Å². The Kier molecular flexibility index (Phi) is 2.50. The third kappa shape index (κ3) is 1.64. The van der Waals surface area contributed by atoms with Gasteiger partial charge in [0.1, 0.15) is 0 Å². The summed E-state index contributed by atoms with van der Waals surface area (Å²) in [6, 6.07) is 10.2. The van der Waals surface area contributed by atoms with Crippen molar-refractivity contribution in [1.82, 2.24) is 0 Å². The maximum atomic E-state index is 10.2. The molecule has 2 rings (SSSR count). The van der Waals surface area contributed by atoms with Crippen LogP contribution in [0.2, 0.25) is 0 Å². The molecule has 2 heteroatoms. The summed E-state index contributed by atoms with van der Waals surface area (Å²) >= 11 is 0. The molecule has 0 fully saturated rings. The van der Waals surface area contributed by atoms with Crippen molar-refractivity contribution in [2.24, 2.45) is 5.41 Å². The van der Waals surface area contributed by atoms with Gasteiger partial charge in [-0.1, -0.05) is 31.2 Å². The Balaban J connectivity index is 2.26. The van der Waals surface area contributed by atoms with Crippen molar-refractivity contribution >= 4 is 0 Å². The van der Waals surface area contributed by atoms with Crippen molar-refractivity contribution in [2.45, 2.75) is 32.3 Å². The highest BCUT2D eigenvalue weighted by Crippen LogP contribution is 2.47. The fourth-order valence-electron chi connectivity index (χ4n) is 2.44. The molecule has 1 aromatic carbocycles. The molecular weight excluding hydrogens is 186 g/mol. The van der Waals surface area contributed by atoms with Gasteiger partial charge in [-0.2, -0.15) is 5.26 Å². The van der Waals surface area contributed by atoms with Crippen LogP contribution < -0.4 is 0 Å². The monoisotopic (exact) mass is 201 g/mol. The maximum Gasteiger partial charge on any atom is 0.0849 e. The molecule has 0 aliphatic heterocycles. The summed E-state index contributed by atoms with van der Waals surface area (Å²) in [4.78, 5) is 0. The highest BCUT2D eigenvalue weighted by atomic mass is 16.3. The van der Waals surface area contributed by atoms with Gasteiger partial charge in [0.2, 0.25) is 0 Å². The van der Waals surface area contributed by atoms with E-state index in [9.17, 15) is 5.11 Å². The van der Waals surface area contributed by atoms with Crippen molar-refractivity contribution < 1.29 is 5.11 Å². The highest BCUT2D eigenvalue weighted by molar-refractivity contribution is 5.36. The van der Waals surface area contributed by atoms with Crippen LogP contribution in [0.1, 0.15) is 37.0 Å². The Morgan fingerprint density at radius 1 is 1.53 bits per heavy atom. The van der Waals surface area contributed by atoms with Crippen LogP contribution >= 0.6 is 0 Å². The van der Waals surface area contributed by atoms with Crippen molar-refractivity contribution in [3.63, 3.8) is 0 Å². The van der Waals surface area contributed by atoms with Crippen LogP contribution in [0.5, 0.6) is 0 Å². The first-order valence-corrected chi connectivity index (χ1v) is 5.30. The summed E-state index contributed by atoms with van der Waals surface area (Å²) in [5.41, 5.74) is 2.11. The molecule has 0 amide bonds. The van der Waals surface area contributed by atoms with Gasteiger partial charge < -0.3 is 5.11 Å². The van der Waals surface area contributed by atoms with Gasteiger partial charge in [-0.25, -0.2) is 0 Å². The molecule has 1 N–H and O–H groups in total. The molecule has 0 saturated carbocycles. The van der Waals surface area contributed by atoms with Crippen LogP contribution in [-0.4, -0.2) is 5.11 Å². The van der Waals surface area contributed by atoms with Gasteiger partial charge in [0.05, 0.1) is 12.2 Å². The number of rotatable bonds is 2. The Morgan fingerprint density at radius 2 is 2.27 bits per heavy atom. The molecule has 2 atom stereocenters. The molecule has 2 unspecified atom stereocenters. The minimum absolute atomic E-state index is 0.153. The number of benzene rings is 1. The molecule has 15 heavy (non-hydrogen) atoms. The SMILES string of the molecule is CC1(CCC#N)Cc2ccccc2C1O. The second-order valence-electron chi connectivity index (χ2n) is 4.59. The normalized spacial score (nSPS) is 28.5. The van der Waals surface area contributed by atoms with E-state index < -0.39 is 6.10 Å². The minimum Gasteiger partial charge on any atom is -0.388 e. The first-order chi connectivity index (χ1) is 7.17. The summed E-state index contributed by atoms with van der Waals surface area (Å²) in [6.45, 7) is 2.06. The van der Waals surface area contributed by atoms with Gasteiger partial charge in [-0.05, 0) is 24.0 Å². The Bertz CT molecular complexity index is 407. The van der Waals surface area contributed by atoms with E-state index in [1.807, 2.05) is 18.2 Å². The molecular formula is C13H15NO. The van der Waals surface area contributed by atoms with Crippen LogP contribution in [-0.2, 0) is 6.42 Å². The van der Waals surface area contributed by atoms with E-state index in [-0.39, 0.29) is 5.41 Å². The van der Waals surface area contributed by atoms with E-state index in [4.69, 9.17) is 5.26 Å². The summed E-state index contributed by atoms with van der Waals surface area (Å²) < 4.78 is 0. The zero-order valence-corrected chi connectivity index (χ0v) is 8.90. The Morgan fingerprint density at radius 3 is 2.93 bits per heavy atom. The average Bonchev–Trinajstić information content (AvgIpc) is 2.50. The second-order valence-corrected chi connectivity index (χ2v) is 4.59. The summed E-state index contributed by atoms with van der Waals surface area (Å²) in [5, 5.41) is 18.8. The van der Waals surface area contributed by atoms with Gasteiger partial charge in [-0.15, -0.1) is 0 Å². The van der Waals surface area contributed by atoms with E-state index in [0.29, 0.717) is 6.42 Å².